The van der Waals surface area contributed by atoms with Gasteiger partial charge in [-0.15, -0.1) is 12.4 Å². The lowest BCUT2D eigenvalue weighted by atomic mass is 9.87. The van der Waals surface area contributed by atoms with Gasteiger partial charge in [0.25, 0.3) is 0 Å². The first-order valence-electron chi connectivity index (χ1n) is 8.78. The Balaban J connectivity index is 0.00000243. The second kappa shape index (κ2) is 9.05. The lowest BCUT2D eigenvalue weighted by Gasteiger charge is -2.36. The molecule has 142 valence electrons. The van der Waals surface area contributed by atoms with Gasteiger partial charge in [0.15, 0.2) is 0 Å². The van der Waals surface area contributed by atoms with Crippen LogP contribution in [0.15, 0.2) is 36.7 Å². The van der Waals surface area contributed by atoms with Crippen LogP contribution in [0.4, 0.5) is 0 Å². The minimum absolute atomic E-state index is 0. The number of halogens is 1. The third-order valence-corrected chi connectivity index (χ3v) is 4.97. The van der Waals surface area contributed by atoms with Crippen LogP contribution >= 0.6 is 12.4 Å². The van der Waals surface area contributed by atoms with E-state index in [0.29, 0.717) is 6.54 Å². The van der Waals surface area contributed by atoms with Crippen molar-refractivity contribution in [2.45, 2.75) is 31.7 Å². The van der Waals surface area contributed by atoms with Crippen LogP contribution in [0.5, 0.6) is 5.75 Å². The Bertz CT molecular complexity index is 712. The summed E-state index contributed by atoms with van der Waals surface area (Å²) >= 11 is 0. The van der Waals surface area contributed by atoms with E-state index in [0.717, 1.165) is 49.2 Å². The highest BCUT2D eigenvalue weighted by atomic mass is 35.5. The molecule has 0 atom stereocenters. The van der Waals surface area contributed by atoms with E-state index >= 15 is 0 Å². The number of nitrogens with one attached hydrogen (secondary N) is 2. The van der Waals surface area contributed by atoms with E-state index in [4.69, 9.17) is 4.74 Å². The quantitative estimate of drug-likeness (QED) is 0.807. The molecule has 6 nitrogen and oxygen atoms in total. The molecule has 1 saturated heterocycles. The van der Waals surface area contributed by atoms with Crippen molar-refractivity contribution in [2.24, 2.45) is 0 Å². The highest BCUT2D eigenvalue weighted by Crippen LogP contribution is 2.27. The highest BCUT2D eigenvalue weighted by Gasteiger charge is 2.41. The number of rotatable bonds is 6. The summed E-state index contributed by atoms with van der Waals surface area (Å²) < 4.78 is 7.18. The van der Waals surface area contributed by atoms with Crippen molar-refractivity contribution in [1.82, 2.24) is 20.4 Å². The maximum atomic E-state index is 13.0. The second-order valence-electron chi connectivity index (χ2n) is 6.54. The van der Waals surface area contributed by atoms with Gasteiger partial charge in [0.1, 0.15) is 11.3 Å². The normalized spacial score (nSPS) is 15.8. The summed E-state index contributed by atoms with van der Waals surface area (Å²) in [6.45, 7) is 4.27. The summed E-state index contributed by atoms with van der Waals surface area (Å²) in [5, 5.41) is 10.8. The zero-order chi connectivity index (χ0) is 17.7. The fourth-order valence-electron chi connectivity index (χ4n) is 3.43. The van der Waals surface area contributed by atoms with Crippen LogP contribution in [0.2, 0.25) is 0 Å². The van der Waals surface area contributed by atoms with Crippen molar-refractivity contribution in [3.05, 3.63) is 47.8 Å². The summed E-state index contributed by atoms with van der Waals surface area (Å²) in [6.07, 6.45) is 5.89. The molecule has 26 heavy (non-hydrogen) atoms. The average molecular weight is 379 g/mol. The summed E-state index contributed by atoms with van der Waals surface area (Å²) in [7, 11) is 1.68. The number of aryl methyl sites for hydroxylation is 1. The number of hydrogen-bond donors (Lipinski definition) is 2. The zero-order valence-corrected chi connectivity index (χ0v) is 16.1. The topological polar surface area (TPSA) is 68.2 Å². The average Bonchev–Trinajstić information content (AvgIpc) is 3.19. The van der Waals surface area contributed by atoms with Gasteiger partial charge in [0, 0.05) is 18.9 Å². The van der Waals surface area contributed by atoms with Gasteiger partial charge in [-0.2, -0.15) is 5.10 Å². The third-order valence-electron chi connectivity index (χ3n) is 4.97. The van der Waals surface area contributed by atoms with Gasteiger partial charge in [0.05, 0.1) is 7.11 Å². The van der Waals surface area contributed by atoms with Crippen molar-refractivity contribution < 1.29 is 9.53 Å². The molecule has 1 aliphatic heterocycles. The van der Waals surface area contributed by atoms with Gasteiger partial charge < -0.3 is 15.4 Å². The number of amides is 1. The van der Waals surface area contributed by atoms with Gasteiger partial charge in [-0.25, -0.2) is 0 Å². The number of carbonyl (C=O) groups is 1. The molecule has 0 unspecified atom stereocenters. The van der Waals surface area contributed by atoms with Gasteiger partial charge in [-0.1, -0.05) is 12.1 Å². The second-order valence-corrected chi connectivity index (χ2v) is 6.54. The Labute approximate surface area is 160 Å². The molecular formula is C19H27ClN4O2. The van der Waals surface area contributed by atoms with E-state index in [1.54, 1.807) is 13.3 Å². The van der Waals surface area contributed by atoms with Crippen molar-refractivity contribution in [3.8, 4) is 5.75 Å². The van der Waals surface area contributed by atoms with Gasteiger partial charge in [-0.05, 0) is 62.5 Å². The molecule has 1 aliphatic rings. The molecule has 1 fully saturated rings. The van der Waals surface area contributed by atoms with Crippen LogP contribution in [-0.4, -0.2) is 42.4 Å². The van der Waals surface area contributed by atoms with Crippen LogP contribution in [-0.2, 0) is 16.8 Å². The van der Waals surface area contributed by atoms with Gasteiger partial charge >= 0.3 is 0 Å². The Morgan fingerprint density at radius 2 is 2.15 bits per heavy atom. The van der Waals surface area contributed by atoms with Crippen LogP contribution in [0.3, 0.4) is 0 Å². The van der Waals surface area contributed by atoms with E-state index in [2.05, 4.69) is 21.8 Å². The van der Waals surface area contributed by atoms with Gasteiger partial charge in [0.2, 0.25) is 5.91 Å². The third kappa shape index (κ3) is 4.19. The van der Waals surface area contributed by atoms with Crippen LogP contribution in [0.1, 0.15) is 24.0 Å². The van der Waals surface area contributed by atoms with Crippen molar-refractivity contribution in [1.29, 1.82) is 0 Å². The number of carbonyl (C=O) groups excluding carboxylic acids is 1. The van der Waals surface area contributed by atoms with E-state index in [9.17, 15) is 4.79 Å². The first kappa shape index (κ1) is 20.3. The Morgan fingerprint density at radius 1 is 1.38 bits per heavy atom. The molecule has 0 aliphatic carbocycles. The van der Waals surface area contributed by atoms with E-state index in [1.807, 2.05) is 36.0 Å². The molecule has 0 saturated carbocycles. The molecule has 2 N–H and O–H groups in total. The molecular weight excluding hydrogens is 352 g/mol. The summed E-state index contributed by atoms with van der Waals surface area (Å²) in [5.74, 6) is 0.937. The van der Waals surface area contributed by atoms with Crippen LogP contribution < -0.4 is 15.4 Å². The number of nitrogens with zero attached hydrogens (tertiary/aromatic N) is 2. The summed E-state index contributed by atoms with van der Waals surface area (Å²) in [6, 6.07) is 8.04. The monoisotopic (exact) mass is 378 g/mol. The molecule has 0 spiro atoms. The molecule has 3 rings (SSSR count). The minimum atomic E-state index is -0.584. The van der Waals surface area contributed by atoms with E-state index < -0.39 is 5.54 Å². The fourth-order valence-corrected chi connectivity index (χ4v) is 3.43. The molecule has 0 radical (unpaired) electrons. The minimum Gasteiger partial charge on any atom is -0.496 e. The summed E-state index contributed by atoms with van der Waals surface area (Å²) in [4.78, 5) is 13.0. The fraction of sp³-hybridized carbons (Fsp3) is 0.474. The van der Waals surface area contributed by atoms with Gasteiger partial charge in [-0.3, -0.25) is 9.48 Å². The number of ether oxygens (including phenoxy) is 1. The first-order chi connectivity index (χ1) is 12.2. The Kier molecular flexibility index (Phi) is 7.06. The number of aromatic nitrogens is 2. The SMILES string of the molecule is COc1cc(CCNC(=O)C2(n3cccn3)CCNCC2)ccc1C.Cl. The molecule has 0 bridgehead atoms. The van der Waals surface area contributed by atoms with Crippen molar-refractivity contribution >= 4 is 18.3 Å². The molecule has 7 heteroatoms. The van der Waals surface area contributed by atoms with Crippen molar-refractivity contribution in [3.63, 3.8) is 0 Å². The van der Waals surface area contributed by atoms with Crippen LogP contribution in [0, 0.1) is 6.92 Å². The standard InChI is InChI=1S/C19H26N4O2.ClH/c1-15-4-5-16(14-17(15)25-2)6-10-21-18(24)19(7-11-20-12-8-19)23-13-3-9-22-23;/h3-5,9,13-14,20H,6-8,10-12H2,1-2H3,(H,21,24);1H. The largest absolute Gasteiger partial charge is 0.496 e. The van der Waals surface area contributed by atoms with Crippen molar-refractivity contribution in [2.75, 3.05) is 26.7 Å². The Hall–Kier alpha value is -2.05. The van der Waals surface area contributed by atoms with Crippen LogP contribution in [0.25, 0.3) is 0 Å². The predicted molar refractivity (Wildman–Crippen MR) is 104 cm³/mol. The maximum Gasteiger partial charge on any atom is 0.248 e. The highest BCUT2D eigenvalue weighted by molar-refractivity contribution is 5.85. The maximum absolute atomic E-state index is 13.0. The van der Waals surface area contributed by atoms with E-state index in [-0.39, 0.29) is 18.3 Å². The predicted octanol–water partition coefficient (Wildman–Crippen LogP) is 2.06. The molecule has 1 aromatic heterocycles. The molecule has 2 heterocycles. The number of hydrogen-bond acceptors (Lipinski definition) is 4. The lowest BCUT2D eigenvalue weighted by Crippen LogP contribution is -2.54. The number of methoxy groups -OCH3 is 1. The summed E-state index contributed by atoms with van der Waals surface area (Å²) in [5.41, 5.74) is 1.68. The lowest BCUT2D eigenvalue weighted by molar-refractivity contribution is -0.131. The number of piperidine rings is 1. The molecule has 1 aromatic carbocycles. The molecule has 2 aromatic rings. The Morgan fingerprint density at radius 3 is 2.81 bits per heavy atom. The first-order valence-corrected chi connectivity index (χ1v) is 8.78. The van der Waals surface area contributed by atoms with E-state index in [1.165, 1.54) is 0 Å². The smallest absolute Gasteiger partial charge is 0.248 e. The molecule has 1 amide bonds. The zero-order valence-electron chi connectivity index (χ0n) is 15.3. The number of benzene rings is 1.